The number of halogens is 3. The number of anilines is 1. The average Bonchev–Trinajstić information content (AvgIpc) is 2.43. The highest BCUT2D eigenvalue weighted by Crippen LogP contribution is 2.24. The molecule has 0 aliphatic carbocycles. The lowest BCUT2D eigenvalue weighted by Crippen LogP contribution is -2.17. The van der Waals surface area contributed by atoms with Gasteiger partial charge in [0, 0.05) is 17.3 Å². The third-order valence-corrected chi connectivity index (χ3v) is 2.46. The summed E-state index contributed by atoms with van der Waals surface area (Å²) in [5, 5.41) is 2.92. The Morgan fingerprint density at radius 2 is 1.76 bits per heavy atom. The van der Waals surface area contributed by atoms with Crippen LogP contribution >= 0.6 is 0 Å². The second-order valence-corrected chi connectivity index (χ2v) is 4.10. The van der Waals surface area contributed by atoms with E-state index in [-0.39, 0.29) is 5.75 Å². The molecule has 0 spiro atoms. The highest BCUT2D eigenvalue weighted by Gasteiger charge is 2.31. The Hall–Kier alpha value is -2.61. The monoisotopic (exact) mass is 291 g/mol. The van der Waals surface area contributed by atoms with Gasteiger partial charge in [-0.05, 0) is 24.3 Å². The fourth-order valence-corrected chi connectivity index (χ4v) is 1.62. The van der Waals surface area contributed by atoms with Gasteiger partial charge in [0.2, 0.25) is 0 Å². The summed E-state index contributed by atoms with van der Waals surface area (Å²) in [4.78, 5) is 0. The van der Waals surface area contributed by atoms with Crippen molar-refractivity contribution in [2.24, 2.45) is 0 Å². The molecule has 0 aliphatic rings. The Labute approximate surface area is 120 Å². The van der Waals surface area contributed by atoms with E-state index in [2.05, 4.69) is 21.9 Å². The van der Waals surface area contributed by atoms with Crippen molar-refractivity contribution in [2.75, 3.05) is 11.9 Å². The summed E-state index contributed by atoms with van der Waals surface area (Å²) in [5.41, 5.74) is 1.40. The van der Waals surface area contributed by atoms with Crippen molar-refractivity contribution in [1.82, 2.24) is 0 Å². The third-order valence-electron chi connectivity index (χ3n) is 2.46. The van der Waals surface area contributed by atoms with Crippen LogP contribution in [0.5, 0.6) is 5.75 Å². The summed E-state index contributed by atoms with van der Waals surface area (Å²) in [6.07, 6.45) is -4.69. The summed E-state index contributed by atoms with van der Waals surface area (Å²) < 4.78 is 40.1. The van der Waals surface area contributed by atoms with Crippen LogP contribution in [0.25, 0.3) is 0 Å². The maximum atomic E-state index is 12.1. The van der Waals surface area contributed by atoms with Gasteiger partial charge in [-0.3, -0.25) is 0 Å². The summed E-state index contributed by atoms with van der Waals surface area (Å²) in [6.45, 7) is 0.324. The number of hydrogen-bond acceptors (Lipinski definition) is 2. The van der Waals surface area contributed by atoms with E-state index in [4.69, 9.17) is 0 Å². The van der Waals surface area contributed by atoms with Crippen LogP contribution in [0.15, 0.2) is 54.6 Å². The highest BCUT2D eigenvalue weighted by molar-refractivity contribution is 5.49. The molecule has 108 valence electrons. The molecule has 2 rings (SSSR count). The van der Waals surface area contributed by atoms with Crippen LogP contribution < -0.4 is 10.1 Å². The minimum absolute atomic E-state index is 0.261. The summed E-state index contributed by atoms with van der Waals surface area (Å²) in [5.74, 6) is 5.58. The molecular formula is C16H12F3NO. The normalized spacial score (nSPS) is 10.4. The molecule has 0 aromatic heterocycles. The lowest BCUT2D eigenvalue weighted by molar-refractivity contribution is -0.274. The van der Waals surface area contributed by atoms with Crippen LogP contribution in [-0.4, -0.2) is 12.9 Å². The van der Waals surface area contributed by atoms with Crippen molar-refractivity contribution in [1.29, 1.82) is 0 Å². The largest absolute Gasteiger partial charge is 0.573 e. The Morgan fingerprint density at radius 1 is 1.00 bits per heavy atom. The maximum Gasteiger partial charge on any atom is 0.573 e. The minimum Gasteiger partial charge on any atom is -0.406 e. The fraction of sp³-hybridized carbons (Fsp3) is 0.125. The second-order valence-electron chi connectivity index (χ2n) is 4.10. The lowest BCUT2D eigenvalue weighted by atomic mass is 10.2. The van der Waals surface area contributed by atoms with E-state index < -0.39 is 6.36 Å². The van der Waals surface area contributed by atoms with Crippen molar-refractivity contribution >= 4 is 5.69 Å². The van der Waals surface area contributed by atoms with Crippen molar-refractivity contribution in [3.05, 3.63) is 60.2 Å². The van der Waals surface area contributed by atoms with Crippen LogP contribution in [0.2, 0.25) is 0 Å². The van der Waals surface area contributed by atoms with Gasteiger partial charge in [0.1, 0.15) is 5.75 Å². The zero-order valence-corrected chi connectivity index (χ0v) is 10.9. The predicted molar refractivity (Wildman–Crippen MR) is 74.9 cm³/mol. The molecule has 0 atom stereocenters. The molecule has 0 unspecified atom stereocenters. The van der Waals surface area contributed by atoms with Gasteiger partial charge in [0.15, 0.2) is 0 Å². The quantitative estimate of drug-likeness (QED) is 0.861. The molecule has 2 aromatic rings. The standard InChI is InChI=1S/C16H12F3NO/c17-16(18,19)21-15-10-4-9-14(12-15)20-11-5-8-13-6-2-1-3-7-13/h1-4,6-7,9-10,12,20H,11H2. The van der Waals surface area contributed by atoms with Gasteiger partial charge in [-0.1, -0.05) is 36.1 Å². The predicted octanol–water partition coefficient (Wildman–Crippen LogP) is 4.05. The van der Waals surface area contributed by atoms with E-state index in [1.807, 2.05) is 30.3 Å². The first-order chi connectivity index (χ1) is 10.0. The van der Waals surface area contributed by atoms with Crippen molar-refractivity contribution in [3.8, 4) is 17.6 Å². The molecule has 0 fully saturated rings. The Balaban J connectivity index is 1.92. The van der Waals surface area contributed by atoms with Crippen LogP contribution in [0, 0.1) is 11.8 Å². The average molecular weight is 291 g/mol. The molecular weight excluding hydrogens is 279 g/mol. The molecule has 0 radical (unpaired) electrons. The van der Waals surface area contributed by atoms with Crippen LogP contribution in [0.1, 0.15) is 5.56 Å². The molecule has 1 N–H and O–H groups in total. The molecule has 5 heteroatoms. The number of alkyl halides is 3. The summed E-state index contributed by atoms with van der Waals surface area (Å²) in [6, 6.07) is 15.1. The van der Waals surface area contributed by atoms with Gasteiger partial charge in [-0.15, -0.1) is 13.2 Å². The Morgan fingerprint density at radius 3 is 2.48 bits per heavy atom. The van der Waals surface area contributed by atoms with Gasteiger partial charge < -0.3 is 10.1 Å². The van der Waals surface area contributed by atoms with Gasteiger partial charge in [-0.25, -0.2) is 0 Å². The molecule has 2 aromatic carbocycles. The van der Waals surface area contributed by atoms with Gasteiger partial charge in [0.25, 0.3) is 0 Å². The highest BCUT2D eigenvalue weighted by atomic mass is 19.4. The number of ether oxygens (including phenoxy) is 1. The topological polar surface area (TPSA) is 21.3 Å². The number of benzene rings is 2. The van der Waals surface area contributed by atoms with Gasteiger partial charge in [-0.2, -0.15) is 0 Å². The summed E-state index contributed by atoms with van der Waals surface area (Å²) in [7, 11) is 0. The molecule has 0 heterocycles. The van der Waals surface area contributed by atoms with E-state index in [9.17, 15) is 13.2 Å². The molecule has 0 aliphatic heterocycles. The van der Waals surface area contributed by atoms with E-state index >= 15 is 0 Å². The Bertz CT molecular complexity index is 642. The van der Waals surface area contributed by atoms with Crippen molar-refractivity contribution in [3.63, 3.8) is 0 Å². The first-order valence-corrected chi connectivity index (χ1v) is 6.16. The molecule has 0 saturated heterocycles. The summed E-state index contributed by atoms with van der Waals surface area (Å²) >= 11 is 0. The smallest absolute Gasteiger partial charge is 0.406 e. The zero-order valence-electron chi connectivity index (χ0n) is 10.9. The van der Waals surface area contributed by atoms with E-state index in [0.717, 1.165) is 5.56 Å². The molecule has 2 nitrogen and oxygen atoms in total. The number of hydrogen-bond donors (Lipinski definition) is 1. The minimum atomic E-state index is -4.69. The number of rotatable bonds is 3. The van der Waals surface area contributed by atoms with Crippen LogP contribution in [-0.2, 0) is 0 Å². The first-order valence-electron chi connectivity index (χ1n) is 6.16. The molecule has 0 bridgehead atoms. The second kappa shape index (κ2) is 6.71. The van der Waals surface area contributed by atoms with E-state index in [1.165, 1.54) is 18.2 Å². The van der Waals surface area contributed by atoms with Crippen molar-refractivity contribution in [2.45, 2.75) is 6.36 Å². The SMILES string of the molecule is FC(F)(F)Oc1cccc(NCC#Cc2ccccc2)c1. The van der Waals surface area contributed by atoms with Gasteiger partial charge >= 0.3 is 6.36 Å². The van der Waals surface area contributed by atoms with Gasteiger partial charge in [0.05, 0.1) is 6.54 Å². The van der Waals surface area contributed by atoms with E-state index in [0.29, 0.717) is 12.2 Å². The third kappa shape index (κ3) is 5.49. The van der Waals surface area contributed by atoms with Crippen LogP contribution in [0.3, 0.4) is 0 Å². The van der Waals surface area contributed by atoms with Crippen LogP contribution in [0.4, 0.5) is 18.9 Å². The maximum absolute atomic E-state index is 12.1. The molecule has 0 saturated carbocycles. The zero-order chi connectivity index (χ0) is 15.1. The number of nitrogens with one attached hydrogen (secondary N) is 1. The lowest BCUT2D eigenvalue weighted by Gasteiger charge is -2.10. The van der Waals surface area contributed by atoms with E-state index in [1.54, 1.807) is 6.07 Å². The van der Waals surface area contributed by atoms with Crippen molar-refractivity contribution < 1.29 is 17.9 Å². The Kier molecular flexibility index (Phi) is 4.72. The molecule has 0 amide bonds. The fourth-order valence-electron chi connectivity index (χ4n) is 1.62. The molecule has 21 heavy (non-hydrogen) atoms. The first kappa shape index (κ1) is 14.8.